The van der Waals surface area contributed by atoms with Gasteiger partial charge in [0.1, 0.15) is 11.5 Å². The van der Waals surface area contributed by atoms with E-state index < -0.39 is 23.4 Å². The van der Waals surface area contributed by atoms with Crippen molar-refractivity contribution in [2.24, 2.45) is 0 Å². The summed E-state index contributed by atoms with van der Waals surface area (Å²) in [7, 11) is 0. The van der Waals surface area contributed by atoms with Crippen molar-refractivity contribution in [1.29, 1.82) is 0 Å². The zero-order valence-corrected chi connectivity index (χ0v) is 17.2. The molecule has 1 heterocycles. The summed E-state index contributed by atoms with van der Waals surface area (Å²) in [5, 5.41) is 2.80. The molecule has 0 bridgehead atoms. The van der Waals surface area contributed by atoms with Crippen LogP contribution in [0.3, 0.4) is 0 Å². The molecule has 0 aliphatic carbocycles. The van der Waals surface area contributed by atoms with E-state index in [9.17, 15) is 22.8 Å². The molecule has 1 aliphatic heterocycles. The van der Waals surface area contributed by atoms with Crippen LogP contribution in [0.5, 0.6) is 0 Å². The molecule has 3 aromatic rings. The smallest absolute Gasteiger partial charge is 0.278 e. The summed E-state index contributed by atoms with van der Waals surface area (Å²) in [5.74, 6) is -3.53. The molecule has 1 N–H and O–H groups in total. The average Bonchev–Trinajstić information content (AvgIpc) is 3.00. The second-order valence-electron chi connectivity index (χ2n) is 7.51. The van der Waals surface area contributed by atoms with Gasteiger partial charge in [0.25, 0.3) is 11.8 Å². The number of halogens is 3. The summed E-state index contributed by atoms with van der Waals surface area (Å²) < 4.78 is 40.1. The summed E-state index contributed by atoms with van der Waals surface area (Å²) in [5.41, 5.74) is 2.57. The van der Waals surface area contributed by atoms with Crippen molar-refractivity contribution in [3.8, 4) is 0 Å². The predicted octanol–water partition coefficient (Wildman–Crippen LogP) is 4.85. The Labute approximate surface area is 183 Å². The molecule has 32 heavy (non-hydrogen) atoms. The molecule has 3 aromatic carbocycles. The van der Waals surface area contributed by atoms with Crippen LogP contribution in [0.15, 0.2) is 72.4 Å². The number of imide groups is 1. The van der Waals surface area contributed by atoms with Gasteiger partial charge in [0.15, 0.2) is 11.6 Å². The van der Waals surface area contributed by atoms with Crippen molar-refractivity contribution >= 4 is 23.1 Å². The minimum atomic E-state index is -1.07. The third-order valence-electron chi connectivity index (χ3n) is 5.23. The lowest BCUT2D eigenvalue weighted by Crippen LogP contribution is -2.34. The highest BCUT2D eigenvalue weighted by Crippen LogP contribution is 2.31. The largest absolute Gasteiger partial charge is 0.350 e. The quantitative estimate of drug-likeness (QED) is 0.563. The van der Waals surface area contributed by atoms with E-state index in [1.165, 1.54) is 18.2 Å². The first-order chi connectivity index (χ1) is 15.3. The minimum Gasteiger partial charge on any atom is -0.350 e. The number of hydrogen-bond acceptors (Lipinski definition) is 3. The molecule has 0 fully saturated rings. The summed E-state index contributed by atoms with van der Waals surface area (Å²) in [6.07, 6.45) is 0.345. The number of carbonyl (C=O) groups excluding carboxylic acids is 2. The van der Waals surface area contributed by atoms with Gasteiger partial charge in [-0.15, -0.1) is 0 Å². The Morgan fingerprint density at radius 3 is 2.16 bits per heavy atom. The maximum atomic E-state index is 13.7. The molecule has 0 unspecified atom stereocenters. The third-order valence-corrected chi connectivity index (χ3v) is 5.23. The zero-order valence-electron chi connectivity index (χ0n) is 17.2. The van der Waals surface area contributed by atoms with E-state index in [1.807, 2.05) is 19.1 Å². The van der Waals surface area contributed by atoms with Crippen molar-refractivity contribution in [2.75, 3.05) is 11.9 Å². The fourth-order valence-electron chi connectivity index (χ4n) is 3.49. The molecule has 0 saturated heterocycles. The molecule has 4 rings (SSSR count). The van der Waals surface area contributed by atoms with Crippen molar-refractivity contribution in [2.45, 2.75) is 13.3 Å². The highest BCUT2D eigenvalue weighted by atomic mass is 19.2. The standard InChI is InChI=1S/C25H19F3N2O2/c1-15-2-6-17(7-3-15)22-23(29-19-10-11-20(27)21(28)14-19)25(32)30(24(22)31)13-12-16-4-8-18(26)9-5-16/h2-11,14,29H,12-13H2,1H3. The fourth-order valence-corrected chi connectivity index (χ4v) is 3.49. The number of hydrogen-bond donors (Lipinski definition) is 1. The Hall–Kier alpha value is -3.87. The van der Waals surface area contributed by atoms with E-state index >= 15 is 0 Å². The van der Waals surface area contributed by atoms with Crippen LogP contribution < -0.4 is 5.32 Å². The maximum Gasteiger partial charge on any atom is 0.278 e. The van der Waals surface area contributed by atoms with Crippen molar-refractivity contribution in [1.82, 2.24) is 4.90 Å². The Morgan fingerprint density at radius 1 is 0.812 bits per heavy atom. The van der Waals surface area contributed by atoms with Crippen LogP contribution in [-0.2, 0) is 16.0 Å². The lowest BCUT2D eigenvalue weighted by Gasteiger charge is -2.15. The summed E-state index contributed by atoms with van der Waals surface area (Å²) in [6, 6.07) is 16.1. The summed E-state index contributed by atoms with van der Waals surface area (Å²) >= 11 is 0. The minimum absolute atomic E-state index is 0.0102. The molecule has 162 valence electrons. The van der Waals surface area contributed by atoms with Crippen molar-refractivity contribution in [3.63, 3.8) is 0 Å². The van der Waals surface area contributed by atoms with Crippen LogP contribution in [0.25, 0.3) is 5.57 Å². The van der Waals surface area contributed by atoms with Gasteiger partial charge in [0, 0.05) is 18.3 Å². The average molecular weight is 436 g/mol. The highest BCUT2D eigenvalue weighted by Gasteiger charge is 2.39. The molecule has 0 atom stereocenters. The van der Waals surface area contributed by atoms with Gasteiger partial charge < -0.3 is 5.32 Å². The van der Waals surface area contributed by atoms with E-state index in [0.717, 1.165) is 28.2 Å². The monoisotopic (exact) mass is 436 g/mol. The molecule has 0 radical (unpaired) electrons. The van der Waals surface area contributed by atoms with Crippen molar-refractivity contribution in [3.05, 3.63) is 107 Å². The molecule has 0 aromatic heterocycles. The Kier molecular flexibility index (Phi) is 5.81. The molecular formula is C25H19F3N2O2. The Bertz CT molecular complexity index is 1220. The van der Waals surface area contributed by atoms with E-state index in [2.05, 4.69) is 5.32 Å². The normalized spacial score (nSPS) is 13.8. The van der Waals surface area contributed by atoms with Crippen LogP contribution in [0, 0.1) is 24.4 Å². The molecule has 1 aliphatic rings. The van der Waals surface area contributed by atoms with Crippen LogP contribution in [-0.4, -0.2) is 23.3 Å². The van der Waals surface area contributed by atoms with Crippen LogP contribution in [0.4, 0.5) is 18.9 Å². The van der Waals surface area contributed by atoms with E-state index in [4.69, 9.17) is 0 Å². The van der Waals surface area contributed by atoms with E-state index in [-0.39, 0.29) is 29.3 Å². The molecule has 7 heteroatoms. The molecular weight excluding hydrogens is 417 g/mol. The van der Waals surface area contributed by atoms with Crippen LogP contribution >= 0.6 is 0 Å². The molecule has 2 amide bonds. The van der Waals surface area contributed by atoms with Gasteiger partial charge in [-0.1, -0.05) is 42.0 Å². The summed E-state index contributed by atoms with van der Waals surface area (Å²) in [4.78, 5) is 27.5. The number of anilines is 1. The lowest BCUT2D eigenvalue weighted by atomic mass is 10.0. The van der Waals surface area contributed by atoms with E-state index in [0.29, 0.717) is 12.0 Å². The molecule has 0 saturated carbocycles. The Balaban J connectivity index is 1.66. The van der Waals surface area contributed by atoms with Crippen LogP contribution in [0.2, 0.25) is 0 Å². The number of amides is 2. The topological polar surface area (TPSA) is 49.4 Å². The van der Waals surface area contributed by atoms with Gasteiger partial charge in [-0.3, -0.25) is 14.5 Å². The van der Waals surface area contributed by atoms with Gasteiger partial charge in [0.05, 0.1) is 5.57 Å². The van der Waals surface area contributed by atoms with Gasteiger partial charge in [0.2, 0.25) is 0 Å². The molecule has 0 spiro atoms. The van der Waals surface area contributed by atoms with Gasteiger partial charge in [-0.2, -0.15) is 0 Å². The first-order valence-corrected chi connectivity index (χ1v) is 9.97. The highest BCUT2D eigenvalue weighted by molar-refractivity contribution is 6.36. The second-order valence-corrected chi connectivity index (χ2v) is 7.51. The fraction of sp³-hybridized carbons (Fsp3) is 0.120. The second kappa shape index (κ2) is 8.70. The van der Waals surface area contributed by atoms with Crippen LogP contribution in [0.1, 0.15) is 16.7 Å². The number of aryl methyl sites for hydroxylation is 1. The molecule has 4 nitrogen and oxygen atoms in total. The van der Waals surface area contributed by atoms with E-state index in [1.54, 1.807) is 24.3 Å². The first-order valence-electron chi connectivity index (χ1n) is 9.97. The lowest BCUT2D eigenvalue weighted by molar-refractivity contribution is -0.136. The summed E-state index contributed by atoms with van der Waals surface area (Å²) in [6.45, 7) is 1.98. The third kappa shape index (κ3) is 4.27. The first kappa shape index (κ1) is 21.4. The number of nitrogens with one attached hydrogen (secondary N) is 1. The number of benzene rings is 3. The number of nitrogens with zero attached hydrogens (tertiary/aromatic N) is 1. The number of rotatable bonds is 6. The SMILES string of the molecule is Cc1ccc(C2=C(Nc3ccc(F)c(F)c3)C(=O)N(CCc3ccc(F)cc3)C2=O)cc1. The number of carbonyl (C=O) groups is 2. The zero-order chi connectivity index (χ0) is 22.8. The van der Waals surface area contributed by atoms with Gasteiger partial charge in [-0.05, 0) is 48.7 Å². The maximum absolute atomic E-state index is 13.7. The van der Waals surface area contributed by atoms with Crippen molar-refractivity contribution < 1.29 is 22.8 Å². The Morgan fingerprint density at radius 2 is 1.50 bits per heavy atom. The predicted molar refractivity (Wildman–Crippen MR) is 115 cm³/mol. The van der Waals surface area contributed by atoms with Gasteiger partial charge >= 0.3 is 0 Å². The van der Waals surface area contributed by atoms with Gasteiger partial charge in [-0.25, -0.2) is 13.2 Å².